The van der Waals surface area contributed by atoms with Crippen molar-refractivity contribution < 1.29 is 32.6 Å². The minimum Gasteiger partial charge on any atom is -0.432 e. The van der Waals surface area contributed by atoms with Crippen LogP contribution in [0.5, 0.6) is 0 Å². The van der Waals surface area contributed by atoms with Crippen LogP contribution in [-0.4, -0.2) is 54.6 Å². The molecule has 11 nitrogen and oxygen atoms in total. The highest BCUT2D eigenvalue weighted by atomic mass is 31.2. The van der Waals surface area contributed by atoms with Crippen molar-refractivity contribution in [2.75, 3.05) is 32.8 Å². The fraction of sp³-hybridized carbons (Fsp3) is 0.788. The van der Waals surface area contributed by atoms with E-state index in [1.54, 1.807) is 32.9 Å². The van der Waals surface area contributed by atoms with Crippen LogP contribution >= 0.6 is 7.60 Å². The summed E-state index contributed by atoms with van der Waals surface area (Å²) in [4.78, 5) is 37.4. The maximum Gasteiger partial charge on any atom is 0.510 e. The van der Waals surface area contributed by atoms with Crippen LogP contribution in [0.2, 0.25) is 0 Å². The van der Waals surface area contributed by atoms with E-state index in [4.69, 9.17) is 23.3 Å². The standard InChI is InChI=1S/C33H59N2O9P/c1-5-6-7-8-9-10-11-12-13-14-15-16-17-19-23-40-24-21-25-42-45(39,43-28-41-33(38)44-29(2)3)26-20-18-22-35-27-30(4)31(36)34-32(35)37/h18,20,27,29H,5-17,19,21-26,28H2,1-4H3,(H,34,36,37)/b20-18-. The molecule has 1 aromatic heterocycles. The Kier molecular flexibility index (Phi) is 23.5. The quantitative estimate of drug-likeness (QED) is 0.0312. The number of unbranched alkanes of at least 4 members (excludes halogenated alkanes) is 13. The zero-order valence-corrected chi connectivity index (χ0v) is 29.1. The van der Waals surface area contributed by atoms with Crippen molar-refractivity contribution in [1.82, 2.24) is 9.55 Å². The van der Waals surface area contributed by atoms with Crippen molar-refractivity contribution in [2.45, 2.75) is 137 Å². The molecule has 1 rings (SSSR count). The van der Waals surface area contributed by atoms with Crippen molar-refractivity contribution in [2.24, 2.45) is 0 Å². The number of carbonyl (C=O) groups is 1. The van der Waals surface area contributed by atoms with E-state index in [1.807, 2.05) is 0 Å². The number of hydrogen-bond acceptors (Lipinski definition) is 9. The lowest BCUT2D eigenvalue weighted by atomic mass is 10.0. The summed E-state index contributed by atoms with van der Waals surface area (Å²) in [5.74, 6) is 0. The average Bonchev–Trinajstić information content (AvgIpc) is 2.98. The highest BCUT2D eigenvalue weighted by Crippen LogP contribution is 2.48. The van der Waals surface area contributed by atoms with E-state index in [9.17, 15) is 18.9 Å². The minimum atomic E-state index is -3.67. The van der Waals surface area contributed by atoms with Crippen LogP contribution in [0.1, 0.15) is 123 Å². The van der Waals surface area contributed by atoms with Crippen LogP contribution < -0.4 is 11.2 Å². The number of aromatic nitrogens is 2. The van der Waals surface area contributed by atoms with E-state index in [-0.39, 0.29) is 25.4 Å². The third-order valence-electron chi connectivity index (χ3n) is 7.11. The Morgan fingerprint density at radius 3 is 2.02 bits per heavy atom. The first-order chi connectivity index (χ1) is 21.7. The van der Waals surface area contributed by atoms with Gasteiger partial charge in [0.2, 0.25) is 6.79 Å². The summed E-state index contributed by atoms with van der Waals surface area (Å²) in [6.45, 7) is 8.07. The van der Waals surface area contributed by atoms with Crippen molar-refractivity contribution in [3.8, 4) is 0 Å². The van der Waals surface area contributed by atoms with Crippen LogP contribution in [0.3, 0.4) is 0 Å². The average molecular weight is 659 g/mol. The Morgan fingerprint density at radius 1 is 0.844 bits per heavy atom. The minimum absolute atomic E-state index is 0.105. The van der Waals surface area contributed by atoms with Gasteiger partial charge < -0.3 is 18.7 Å². The number of aromatic amines is 1. The molecule has 0 aromatic carbocycles. The van der Waals surface area contributed by atoms with Gasteiger partial charge in [-0.1, -0.05) is 103 Å². The number of carbonyl (C=O) groups excluding carboxylic acids is 1. The summed E-state index contributed by atoms with van der Waals surface area (Å²) in [6, 6.07) is 0. The zero-order chi connectivity index (χ0) is 33.2. The second-order valence-electron chi connectivity index (χ2n) is 11.7. The molecule has 0 aliphatic rings. The van der Waals surface area contributed by atoms with Crippen molar-refractivity contribution in [3.63, 3.8) is 0 Å². The summed E-state index contributed by atoms with van der Waals surface area (Å²) in [7, 11) is -3.67. The largest absolute Gasteiger partial charge is 0.510 e. The predicted molar refractivity (Wildman–Crippen MR) is 178 cm³/mol. The molecule has 0 amide bonds. The van der Waals surface area contributed by atoms with Crippen LogP contribution in [0, 0.1) is 6.92 Å². The van der Waals surface area contributed by atoms with Crippen LogP contribution in [0.25, 0.3) is 0 Å². The number of H-pyrrole nitrogens is 1. The molecule has 0 radical (unpaired) electrons. The molecule has 0 aliphatic carbocycles. The summed E-state index contributed by atoms with van der Waals surface area (Å²) in [5, 5.41) is 0. The molecule has 1 N–H and O–H groups in total. The Bertz CT molecular complexity index is 1100. The molecule has 45 heavy (non-hydrogen) atoms. The maximum absolute atomic E-state index is 13.3. The van der Waals surface area contributed by atoms with E-state index in [2.05, 4.69) is 11.9 Å². The second kappa shape index (κ2) is 25.9. The van der Waals surface area contributed by atoms with Gasteiger partial charge in [-0.2, -0.15) is 0 Å². The first kappa shape index (κ1) is 40.8. The van der Waals surface area contributed by atoms with Gasteiger partial charge in [-0.3, -0.25) is 23.4 Å². The van der Waals surface area contributed by atoms with Gasteiger partial charge >= 0.3 is 19.4 Å². The van der Waals surface area contributed by atoms with Gasteiger partial charge in [-0.25, -0.2) is 9.59 Å². The lowest BCUT2D eigenvalue weighted by Gasteiger charge is -2.17. The second-order valence-corrected chi connectivity index (χ2v) is 13.8. The molecular weight excluding hydrogens is 599 g/mol. The lowest BCUT2D eigenvalue weighted by Crippen LogP contribution is -2.30. The number of hydrogen-bond donors (Lipinski definition) is 1. The van der Waals surface area contributed by atoms with E-state index < -0.39 is 31.8 Å². The highest BCUT2D eigenvalue weighted by molar-refractivity contribution is 7.54. The Hall–Kier alpha value is -2.20. The zero-order valence-electron chi connectivity index (χ0n) is 28.2. The molecule has 0 saturated heterocycles. The molecule has 0 fully saturated rings. The summed E-state index contributed by atoms with van der Waals surface area (Å²) < 4.78 is 41.0. The maximum atomic E-state index is 13.3. The molecule has 0 saturated carbocycles. The van der Waals surface area contributed by atoms with Crippen molar-refractivity contribution in [1.29, 1.82) is 0 Å². The number of rotatable bonds is 28. The fourth-order valence-corrected chi connectivity index (χ4v) is 5.85. The highest BCUT2D eigenvalue weighted by Gasteiger charge is 2.24. The normalized spacial score (nSPS) is 13.0. The van der Waals surface area contributed by atoms with Crippen molar-refractivity contribution >= 4 is 13.8 Å². The summed E-state index contributed by atoms with van der Waals surface area (Å²) in [5.41, 5.74) is -0.583. The smallest absolute Gasteiger partial charge is 0.432 e. The van der Waals surface area contributed by atoms with Crippen molar-refractivity contribution in [3.05, 3.63) is 44.8 Å². The molecule has 1 heterocycles. The molecule has 1 aromatic rings. The van der Waals surface area contributed by atoms with Crippen LogP contribution in [0.15, 0.2) is 27.9 Å². The van der Waals surface area contributed by atoms with Gasteiger partial charge in [0.15, 0.2) is 0 Å². The van der Waals surface area contributed by atoms with Gasteiger partial charge in [0.05, 0.1) is 18.9 Å². The molecule has 12 heteroatoms. The van der Waals surface area contributed by atoms with Gasteiger partial charge in [-0.05, 0) is 33.6 Å². The van der Waals surface area contributed by atoms with Gasteiger partial charge in [0.1, 0.15) is 0 Å². The Morgan fingerprint density at radius 2 is 1.42 bits per heavy atom. The first-order valence-electron chi connectivity index (χ1n) is 16.9. The Balaban J connectivity index is 2.26. The summed E-state index contributed by atoms with van der Waals surface area (Å²) in [6.07, 6.45) is 22.1. The monoisotopic (exact) mass is 658 g/mol. The molecule has 0 spiro atoms. The lowest BCUT2D eigenvalue weighted by molar-refractivity contribution is -0.0130. The SMILES string of the molecule is CCCCCCCCCCCCCCCCOCCCOP(=O)(C/C=C\Cn1cc(C)c(=O)[nH]c1=O)OCOC(=O)OC(C)C. The molecule has 1 unspecified atom stereocenters. The van der Waals surface area contributed by atoms with E-state index in [1.165, 1.54) is 87.8 Å². The van der Waals surface area contributed by atoms with Gasteiger partial charge in [0, 0.05) is 31.5 Å². The third-order valence-corrected chi connectivity index (χ3v) is 8.84. The molecule has 260 valence electrons. The molecular formula is C33H59N2O9P. The molecule has 1 atom stereocenters. The number of aryl methyl sites for hydroxylation is 1. The number of nitrogens with one attached hydrogen (secondary N) is 1. The fourth-order valence-electron chi connectivity index (χ4n) is 4.54. The van der Waals surface area contributed by atoms with Crippen LogP contribution in [0.4, 0.5) is 4.79 Å². The molecule has 0 bridgehead atoms. The van der Waals surface area contributed by atoms with E-state index in [0.717, 1.165) is 12.8 Å². The predicted octanol–water partition coefficient (Wildman–Crippen LogP) is 8.03. The summed E-state index contributed by atoms with van der Waals surface area (Å²) >= 11 is 0. The third kappa shape index (κ3) is 22.0. The van der Waals surface area contributed by atoms with Gasteiger partial charge in [-0.15, -0.1) is 0 Å². The molecule has 0 aliphatic heterocycles. The first-order valence-corrected chi connectivity index (χ1v) is 18.6. The number of nitrogens with zero attached hydrogens (tertiary/aromatic N) is 1. The Labute approximate surface area is 269 Å². The number of allylic oxidation sites excluding steroid dienone is 2. The van der Waals surface area contributed by atoms with E-state index >= 15 is 0 Å². The van der Waals surface area contributed by atoms with Gasteiger partial charge in [0.25, 0.3) is 5.56 Å². The topological polar surface area (TPSA) is 135 Å². The number of ether oxygens (including phenoxy) is 3. The van der Waals surface area contributed by atoms with Crippen LogP contribution in [-0.2, 0) is 34.4 Å². The van der Waals surface area contributed by atoms with E-state index in [0.29, 0.717) is 25.2 Å².